The number of nitrogens with two attached hydrogens (primary N) is 2. The van der Waals surface area contributed by atoms with Gasteiger partial charge in [0.25, 0.3) is 0 Å². The van der Waals surface area contributed by atoms with Gasteiger partial charge < -0.3 is 31.6 Å². The van der Waals surface area contributed by atoms with Crippen LogP contribution in [0.1, 0.15) is 11.1 Å². The van der Waals surface area contributed by atoms with Gasteiger partial charge in [0.05, 0.1) is 0 Å². The van der Waals surface area contributed by atoms with Crippen molar-refractivity contribution in [3.05, 3.63) is 72.1 Å². The van der Waals surface area contributed by atoms with Crippen molar-refractivity contribution in [3.63, 3.8) is 0 Å². The van der Waals surface area contributed by atoms with Gasteiger partial charge in [-0.15, -0.1) is 0 Å². The third kappa shape index (κ3) is 5.96. The first-order valence-corrected chi connectivity index (χ1v) is 9.43. The van der Waals surface area contributed by atoms with E-state index in [1.54, 1.807) is 0 Å². The maximum absolute atomic E-state index is 10.6. The Morgan fingerprint density at radius 2 is 1.10 bits per heavy atom. The molecule has 0 saturated heterocycles. The maximum Gasteiger partial charge on any atom is 0.320 e. The molecule has 2 atom stereocenters. The number of rotatable bonds is 6. The Balaban J connectivity index is 0.000000213. The second-order valence-electron chi connectivity index (χ2n) is 7.02. The van der Waals surface area contributed by atoms with E-state index in [0.717, 1.165) is 32.9 Å². The predicted molar refractivity (Wildman–Crippen MR) is 115 cm³/mol. The number of aromatic nitrogens is 2. The third-order valence-corrected chi connectivity index (χ3v) is 4.86. The van der Waals surface area contributed by atoms with E-state index in [0.29, 0.717) is 12.8 Å². The Morgan fingerprint density at radius 1 is 0.742 bits per heavy atom. The van der Waals surface area contributed by atoms with Crippen LogP contribution >= 0.6 is 0 Å². The van der Waals surface area contributed by atoms with E-state index in [2.05, 4.69) is 9.97 Å². The summed E-state index contributed by atoms with van der Waals surface area (Å²) in [6.07, 6.45) is 4.32. The second-order valence-corrected chi connectivity index (χ2v) is 7.02. The van der Waals surface area contributed by atoms with Gasteiger partial charge >= 0.3 is 11.9 Å². The Labute approximate surface area is 189 Å². The number of H-pyrrole nitrogens is 2. The first-order chi connectivity index (χ1) is 14.4. The monoisotopic (exact) mass is 464 g/mol. The van der Waals surface area contributed by atoms with Crippen LogP contribution in [0.25, 0.3) is 21.8 Å². The molecule has 8 nitrogen and oxygen atoms in total. The molecule has 0 unspecified atom stereocenters. The summed E-state index contributed by atoms with van der Waals surface area (Å²) in [6.45, 7) is 0. The van der Waals surface area contributed by atoms with E-state index in [1.165, 1.54) is 0 Å². The van der Waals surface area contributed by atoms with E-state index in [4.69, 9.17) is 21.7 Å². The smallest absolute Gasteiger partial charge is 0.320 e. The minimum atomic E-state index is -0.972. The Bertz CT molecular complexity index is 1080. The molecule has 4 rings (SSSR count). The summed E-state index contributed by atoms with van der Waals surface area (Å²) < 4.78 is 0. The summed E-state index contributed by atoms with van der Waals surface area (Å²) in [4.78, 5) is 27.4. The predicted octanol–water partition coefficient (Wildman–Crippen LogP) is 2.24. The molecule has 164 valence electrons. The number of aliphatic carboxylic acids is 2. The Kier molecular flexibility index (Phi) is 8.41. The van der Waals surface area contributed by atoms with Gasteiger partial charge in [0, 0.05) is 64.1 Å². The van der Waals surface area contributed by atoms with E-state index in [-0.39, 0.29) is 17.1 Å². The van der Waals surface area contributed by atoms with Crippen LogP contribution in [0.15, 0.2) is 60.9 Å². The van der Waals surface area contributed by atoms with Crippen LogP contribution in [0, 0.1) is 0 Å². The SMILES string of the molecule is N[C@H](Cc1c[nH]c2ccccc12)C(=O)O.N[C@H](Cc1c[nH]c2ccccc12)C(=O)O.[Fe]. The normalized spacial score (nSPS) is 12.5. The average molecular weight is 464 g/mol. The third-order valence-electron chi connectivity index (χ3n) is 4.86. The van der Waals surface area contributed by atoms with Crippen molar-refractivity contribution < 1.29 is 36.9 Å². The van der Waals surface area contributed by atoms with E-state index in [9.17, 15) is 9.59 Å². The molecule has 9 heteroatoms. The van der Waals surface area contributed by atoms with Gasteiger partial charge in [-0.25, -0.2) is 0 Å². The quantitative estimate of drug-likeness (QED) is 0.240. The molecule has 0 aliphatic heterocycles. The molecule has 31 heavy (non-hydrogen) atoms. The van der Waals surface area contributed by atoms with Crippen molar-refractivity contribution in [3.8, 4) is 0 Å². The molecule has 4 aromatic rings. The number of aromatic amines is 2. The summed E-state index contributed by atoms with van der Waals surface area (Å²) in [5.41, 5.74) is 14.9. The Hall–Kier alpha value is -3.10. The molecule has 0 radical (unpaired) electrons. The number of carboxylic acid groups (broad SMARTS) is 2. The van der Waals surface area contributed by atoms with Gasteiger partial charge in [0.2, 0.25) is 0 Å². The molecular weight excluding hydrogens is 440 g/mol. The molecule has 0 aliphatic rings. The van der Waals surface area contributed by atoms with Crippen molar-refractivity contribution in [2.24, 2.45) is 11.5 Å². The summed E-state index contributed by atoms with van der Waals surface area (Å²) in [6, 6.07) is 13.8. The molecular formula is C22H24FeN4O4. The van der Waals surface area contributed by atoms with Gasteiger partial charge in [-0.05, 0) is 23.3 Å². The van der Waals surface area contributed by atoms with Crippen molar-refractivity contribution in [2.75, 3.05) is 0 Å². The zero-order valence-corrected chi connectivity index (χ0v) is 17.7. The van der Waals surface area contributed by atoms with Crippen LogP contribution in [-0.4, -0.2) is 44.2 Å². The standard InChI is InChI=1S/2C11H12N2O2.Fe/c2*12-9(11(14)15)5-7-6-13-10-4-2-1-3-8(7)10;/h2*1-4,6,9,13H,5,12H2,(H,14,15);/t2*9-;/m11./s1. The number of carbonyl (C=O) groups is 2. The molecule has 0 fully saturated rings. The first kappa shape index (κ1) is 24.2. The fourth-order valence-corrected chi connectivity index (χ4v) is 3.25. The zero-order chi connectivity index (χ0) is 21.7. The summed E-state index contributed by atoms with van der Waals surface area (Å²) in [5.74, 6) is -1.94. The Morgan fingerprint density at radius 3 is 1.45 bits per heavy atom. The van der Waals surface area contributed by atoms with Crippen LogP contribution in [0.5, 0.6) is 0 Å². The second kappa shape index (κ2) is 10.8. The van der Waals surface area contributed by atoms with Crippen molar-refractivity contribution in [1.29, 1.82) is 0 Å². The van der Waals surface area contributed by atoms with Crippen LogP contribution in [0.3, 0.4) is 0 Å². The number of fused-ring (bicyclic) bond motifs is 2. The molecule has 2 aromatic carbocycles. The average Bonchev–Trinajstić information content (AvgIpc) is 3.33. The van der Waals surface area contributed by atoms with Crippen molar-refractivity contribution in [2.45, 2.75) is 24.9 Å². The van der Waals surface area contributed by atoms with Gasteiger partial charge in [-0.3, -0.25) is 9.59 Å². The maximum atomic E-state index is 10.6. The number of carboxylic acids is 2. The topological polar surface area (TPSA) is 158 Å². The van der Waals surface area contributed by atoms with Gasteiger partial charge in [-0.1, -0.05) is 36.4 Å². The minimum absolute atomic E-state index is 0. The molecule has 0 saturated carbocycles. The molecule has 0 amide bonds. The van der Waals surface area contributed by atoms with Crippen LogP contribution in [0.4, 0.5) is 0 Å². The number of nitrogens with one attached hydrogen (secondary N) is 2. The van der Waals surface area contributed by atoms with Crippen molar-refractivity contribution >= 4 is 33.7 Å². The molecule has 0 bridgehead atoms. The molecule has 8 N–H and O–H groups in total. The molecule has 2 aromatic heterocycles. The van der Waals surface area contributed by atoms with E-state index < -0.39 is 24.0 Å². The molecule has 0 spiro atoms. The number of hydrogen-bond acceptors (Lipinski definition) is 4. The van der Waals surface area contributed by atoms with E-state index in [1.807, 2.05) is 60.9 Å². The summed E-state index contributed by atoms with van der Waals surface area (Å²) in [5, 5.41) is 19.5. The number of benzene rings is 2. The summed E-state index contributed by atoms with van der Waals surface area (Å²) >= 11 is 0. The van der Waals surface area contributed by atoms with Crippen LogP contribution in [-0.2, 0) is 39.5 Å². The van der Waals surface area contributed by atoms with Gasteiger partial charge in [0.1, 0.15) is 12.1 Å². The summed E-state index contributed by atoms with van der Waals surface area (Å²) in [7, 11) is 0. The van der Waals surface area contributed by atoms with Gasteiger partial charge in [0.15, 0.2) is 0 Å². The first-order valence-electron chi connectivity index (χ1n) is 9.43. The van der Waals surface area contributed by atoms with Crippen LogP contribution in [0.2, 0.25) is 0 Å². The fourth-order valence-electron chi connectivity index (χ4n) is 3.25. The molecule has 0 aliphatic carbocycles. The largest absolute Gasteiger partial charge is 0.480 e. The molecule has 2 heterocycles. The zero-order valence-electron chi connectivity index (χ0n) is 16.6. The van der Waals surface area contributed by atoms with Crippen LogP contribution < -0.4 is 11.5 Å². The number of hydrogen-bond donors (Lipinski definition) is 6. The van der Waals surface area contributed by atoms with Gasteiger partial charge in [-0.2, -0.15) is 0 Å². The minimum Gasteiger partial charge on any atom is -0.480 e. The number of para-hydroxylation sites is 2. The van der Waals surface area contributed by atoms with E-state index >= 15 is 0 Å². The fraction of sp³-hybridized carbons (Fsp3) is 0.182. The van der Waals surface area contributed by atoms with Crippen molar-refractivity contribution in [1.82, 2.24) is 9.97 Å².